The van der Waals surface area contributed by atoms with Crippen LogP contribution in [0.2, 0.25) is 0 Å². The van der Waals surface area contributed by atoms with Crippen molar-refractivity contribution in [2.75, 3.05) is 31.6 Å². The molecule has 0 bridgehead atoms. The summed E-state index contributed by atoms with van der Waals surface area (Å²) in [5.74, 6) is -0.405. The first-order valence-electron chi connectivity index (χ1n) is 10.6. The summed E-state index contributed by atoms with van der Waals surface area (Å²) in [4.78, 5) is 24.2. The zero-order valence-corrected chi connectivity index (χ0v) is 19.5. The van der Waals surface area contributed by atoms with E-state index < -0.39 is 16.0 Å². The molecule has 1 amide bonds. The maximum Gasteiger partial charge on any atom is 0.338 e. The van der Waals surface area contributed by atoms with Crippen LogP contribution in [0.4, 0.5) is 5.69 Å². The van der Waals surface area contributed by atoms with E-state index in [1.807, 2.05) is 6.92 Å². The maximum atomic E-state index is 12.5. The molecule has 0 aliphatic heterocycles. The van der Waals surface area contributed by atoms with Gasteiger partial charge in [0, 0.05) is 18.8 Å². The number of sulfonamides is 1. The van der Waals surface area contributed by atoms with E-state index in [2.05, 4.69) is 5.32 Å². The number of esters is 1. The van der Waals surface area contributed by atoms with Gasteiger partial charge in [0.15, 0.2) is 6.61 Å². The van der Waals surface area contributed by atoms with E-state index >= 15 is 0 Å². The zero-order valence-electron chi connectivity index (χ0n) is 18.7. The number of nitrogens with one attached hydrogen (secondary N) is 1. The van der Waals surface area contributed by atoms with Crippen LogP contribution in [0.5, 0.6) is 5.75 Å². The molecule has 8 nitrogen and oxygen atoms in total. The minimum Gasteiger partial charge on any atom is -0.484 e. The van der Waals surface area contributed by atoms with Gasteiger partial charge in [-0.05, 0) is 55.0 Å². The molecule has 1 N–H and O–H groups in total. The van der Waals surface area contributed by atoms with Crippen molar-refractivity contribution in [1.82, 2.24) is 4.31 Å². The first-order valence-corrected chi connectivity index (χ1v) is 12.1. The molecule has 0 unspecified atom stereocenters. The molecule has 0 aliphatic carbocycles. The summed E-state index contributed by atoms with van der Waals surface area (Å²) in [6, 6.07) is 12.3. The van der Waals surface area contributed by atoms with Crippen LogP contribution in [0.25, 0.3) is 0 Å². The minimum absolute atomic E-state index is 0.173. The second-order valence-electron chi connectivity index (χ2n) is 6.96. The van der Waals surface area contributed by atoms with Gasteiger partial charge in [-0.3, -0.25) is 4.79 Å². The first-order chi connectivity index (χ1) is 15.3. The Morgan fingerprint density at radius 2 is 1.56 bits per heavy atom. The average molecular weight is 463 g/mol. The predicted octanol–water partition coefficient (Wildman–Crippen LogP) is 3.69. The van der Waals surface area contributed by atoms with E-state index in [4.69, 9.17) is 9.47 Å². The molecule has 0 aliphatic rings. The highest BCUT2D eigenvalue weighted by Crippen LogP contribution is 2.19. The number of ether oxygens (including phenoxy) is 2. The Labute approximate surface area is 189 Å². The highest BCUT2D eigenvalue weighted by molar-refractivity contribution is 7.89. The second kappa shape index (κ2) is 12.2. The number of nitrogens with zero attached hydrogens (tertiary/aromatic N) is 1. The molecular weight excluding hydrogens is 432 g/mol. The molecule has 0 saturated heterocycles. The summed E-state index contributed by atoms with van der Waals surface area (Å²) in [6.07, 6.45) is 1.76. The zero-order chi connectivity index (χ0) is 23.6. The number of carbonyl (C=O) groups is 2. The molecule has 32 heavy (non-hydrogen) atoms. The van der Waals surface area contributed by atoms with Gasteiger partial charge in [0.05, 0.1) is 17.1 Å². The summed E-state index contributed by atoms with van der Waals surface area (Å²) < 4.78 is 37.0. The van der Waals surface area contributed by atoms with E-state index in [1.165, 1.54) is 28.6 Å². The number of anilines is 1. The quantitative estimate of drug-likeness (QED) is 0.381. The topological polar surface area (TPSA) is 102 Å². The fraction of sp³-hybridized carbons (Fsp3) is 0.391. The normalized spacial score (nSPS) is 11.2. The van der Waals surface area contributed by atoms with Crippen molar-refractivity contribution in [3.05, 3.63) is 54.1 Å². The van der Waals surface area contributed by atoms with Gasteiger partial charge in [0.25, 0.3) is 5.91 Å². The van der Waals surface area contributed by atoms with Crippen molar-refractivity contribution in [3.63, 3.8) is 0 Å². The highest BCUT2D eigenvalue weighted by Gasteiger charge is 2.21. The fourth-order valence-corrected chi connectivity index (χ4v) is 4.31. The molecule has 2 aromatic rings. The van der Waals surface area contributed by atoms with E-state index in [9.17, 15) is 18.0 Å². The van der Waals surface area contributed by atoms with Gasteiger partial charge in [-0.15, -0.1) is 0 Å². The molecule has 9 heteroatoms. The number of rotatable bonds is 12. The third kappa shape index (κ3) is 7.06. The van der Waals surface area contributed by atoms with Crippen molar-refractivity contribution in [2.24, 2.45) is 0 Å². The number of hydrogen-bond donors (Lipinski definition) is 1. The maximum absolute atomic E-state index is 12.5. The number of unbranched alkanes of at least 4 members (excludes halogenated alkanes) is 1. The van der Waals surface area contributed by atoms with Gasteiger partial charge in [-0.2, -0.15) is 4.31 Å². The van der Waals surface area contributed by atoms with Crippen molar-refractivity contribution in [1.29, 1.82) is 0 Å². The van der Waals surface area contributed by atoms with Crippen LogP contribution in [0, 0.1) is 0 Å². The molecule has 0 atom stereocenters. The number of benzene rings is 2. The van der Waals surface area contributed by atoms with Crippen LogP contribution in [-0.2, 0) is 19.6 Å². The highest BCUT2D eigenvalue weighted by atomic mass is 32.2. The van der Waals surface area contributed by atoms with Gasteiger partial charge in [-0.25, -0.2) is 13.2 Å². The Kier molecular flexibility index (Phi) is 9.67. The Bertz CT molecular complexity index is 984. The largest absolute Gasteiger partial charge is 0.484 e. The van der Waals surface area contributed by atoms with Crippen LogP contribution >= 0.6 is 0 Å². The lowest BCUT2D eigenvalue weighted by atomic mass is 10.2. The standard InChI is InChI=1S/C23H30N2O6S/c1-4-7-16-30-23(27)18-8-10-19(11-9-18)24-22(26)17-31-20-12-14-21(15-13-20)32(28,29)25(5-2)6-3/h8-15H,4-7,16-17H2,1-3H3,(H,24,26). The van der Waals surface area contributed by atoms with E-state index in [-0.39, 0.29) is 17.4 Å². The number of carbonyl (C=O) groups excluding carboxylic acids is 2. The smallest absolute Gasteiger partial charge is 0.338 e. The van der Waals surface area contributed by atoms with Crippen molar-refractivity contribution < 1.29 is 27.5 Å². The van der Waals surface area contributed by atoms with Gasteiger partial charge in [-0.1, -0.05) is 27.2 Å². The van der Waals surface area contributed by atoms with Crippen molar-refractivity contribution in [2.45, 2.75) is 38.5 Å². The van der Waals surface area contributed by atoms with Gasteiger partial charge in [0.1, 0.15) is 5.75 Å². The van der Waals surface area contributed by atoms with Crippen LogP contribution in [0.15, 0.2) is 53.4 Å². The van der Waals surface area contributed by atoms with Crippen LogP contribution in [0.1, 0.15) is 44.0 Å². The fourth-order valence-electron chi connectivity index (χ4n) is 2.85. The Morgan fingerprint density at radius 1 is 0.938 bits per heavy atom. The molecular formula is C23H30N2O6S. The van der Waals surface area contributed by atoms with Crippen molar-refractivity contribution >= 4 is 27.6 Å². The van der Waals surface area contributed by atoms with Gasteiger partial charge >= 0.3 is 5.97 Å². The van der Waals surface area contributed by atoms with E-state index in [0.29, 0.717) is 36.7 Å². The van der Waals surface area contributed by atoms with E-state index in [1.54, 1.807) is 38.1 Å². The predicted molar refractivity (Wildman–Crippen MR) is 122 cm³/mol. The first kappa shape index (κ1) is 25.4. The molecule has 0 saturated carbocycles. The summed E-state index contributed by atoms with van der Waals surface area (Å²) in [5, 5.41) is 2.68. The Balaban J connectivity index is 1.87. The molecule has 2 rings (SSSR count). The minimum atomic E-state index is -3.54. The molecule has 0 aromatic heterocycles. The summed E-state index contributed by atoms with van der Waals surface area (Å²) >= 11 is 0. The summed E-state index contributed by atoms with van der Waals surface area (Å²) in [7, 11) is -3.54. The van der Waals surface area contributed by atoms with Crippen LogP contribution in [-0.4, -0.2) is 50.9 Å². The molecule has 2 aromatic carbocycles. The lowest BCUT2D eigenvalue weighted by Crippen LogP contribution is -2.30. The third-order valence-corrected chi connectivity index (χ3v) is 6.74. The molecule has 0 radical (unpaired) electrons. The monoisotopic (exact) mass is 462 g/mol. The summed E-state index contributed by atoms with van der Waals surface area (Å²) in [6.45, 7) is 6.49. The SMILES string of the molecule is CCCCOC(=O)c1ccc(NC(=O)COc2ccc(S(=O)(=O)N(CC)CC)cc2)cc1. The molecule has 174 valence electrons. The lowest BCUT2D eigenvalue weighted by molar-refractivity contribution is -0.118. The molecule has 0 heterocycles. The third-order valence-electron chi connectivity index (χ3n) is 4.67. The number of amides is 1. The Hall–Kier alpha value is -2.91. The lowest BCUT2D eigenvalue weighted by Gasteiger charge is -2.18. The van der Waals surface area contributed by atoms with Crippen LogP contribution < -0.4 is 10.1 Å². The number of hydrogen-bond acceptors (Lipinski definition) is 6. The van der Waals surface area contributed by atoms with Gasteiger partial charge < -0.3 is 14.8 Å². The summed E-state index contributed by atoms with van der Waals surface area (Å²) in [5.41, 5.74) is 0.930. The molecule has 0 fully saturated rings. The second-order valence-corrected chi connectivity index (χ2v) is 8.90. The Morgan fingerprint density at radius 3 is 2.12 bits per heavy atom. The molecule has 0 spiro atoms. The van der Waals surface area contributed by atoms with E-state index in [0.717, 1.165) is 12.8 Å². The van der Waals surface area contributed by atoms with Crippen molar-refractivity contribution in [3.8, 4) is 5.75 Å². The average Bonchev–Trinajstić information content (AvgIpc) is 2.79. The van der Waals surface area contributed by atoms with Crippen LogP contribution in [0.3, 0.4) is 0 Å². The van der Waals surface area contributed by atoms with Gasteiger partial charge in [0.2, 0.25) is 10.0 Å².